The van der Waals surface area contributed by atoms with Gasteiger partial charge < -0.3 is 4.74 Å². The first-order valence-electron chi connectivity index (χ1n) is 11.2. The van der Waals surface area contributed by atoms with E-state index in [2.05, 4.69) is 15.8 Å². The maximum absolute atomic E-state index is 13.5. The smallest absolute Gasteiger partial charge is 0.314 e. The van der Waals surface area contributed by atoms with Crippen LogP contribution in [0, 0.1) is 12.8 Å². The van der Waals surface area contributed by atoms with Crippen LogP contribution in [-0.4, -0.2) is 32.7 Å². The van der Waals surface area contributed by atoms with Crippen molar-refractivity contribution in [3.63, 3.8) is 0 Å². The molecule has 0 spiro atoms. The molecule has 1 aliphatic heterocycles. The molecule has 1 fully saturated rings. The van der Waals surface area contributed by atoms with Gasteiger partial charge in [-0.05, 0) is 56.7 Å². The Bertz CT molecular complexity index is 1540. The van der Waals surface area contributed by atoms with Gasteiger partial charge >= 0.3 is 5.97 Å². The summed E-state index contributed by atoms with van der Waals surface area (Å²) in [5.74, 6) is -0.982. The molecule has 1 aromatic carbocycles. The van der Waals surface area contributed by atoms with Crippen LogP contribution >= 0.6 is 0 Å². The molecule has 0 aliphatic carbocycles. The average Bonchev–Trinajstić information content (AvgIpc) is 3.20. The third-order valence-corrected chi connectivity index (χ3v) is 6.25. The third kappa shape index (κ3) is 3.59. The highest BCUT2D eigenvalue weighted by atomic mass is 16.5. The number of benzene rings is 1. The molecule has 0 amide bonds. The van der Waals surface area contributed by atoms with Crippen molar-refractivity contribution in [3.05, 3.63) is 81.1 Å². The second kappa shape index (κ2) is 8.51. The van der Waals surface area contributed by atoms with E-state index in [0.29, 0.717) is 21.8 Å². The number of nitrogens with one attached hydrogen (secondary N) is 2. The van der Waals surface area contributed by atoms with Crippen molar-refractivity contribution in [2.45, 2.75) is 33.0 Å². The molecule has 4 aromatic rings. The predicted molar refractivity (Wildman–Crippen MR) is 129 cm³/mol. The van der Waals surface area contributed by atoms with Crippen LogP contribution in [0.1, 0.15) is 25.6 Å². The Balaban J connectivity index is 1.66. The van der Waals surface area contributed by atoms with Gasteiger partial charge in [0.1, 0.15) is 12.1 Å². The summed E-state index contributed by atoms with van der Waals surface area (Å²) in [6.07, 6.45) is 2.67. The molecule has 5 rings (SSSR count). The quantitative estimate of drug-likeness (QED) is 0.356. The van der Waals surface area contributed by atoms with Gasteiger partial charge in [0.2, 0.25) is 0 Å². The normalized spacial score (nSPS) is 20.1. The lowest BCUT2D eigenvalue weighted by molar-refractivity contribution is -0.149. The van der Waals surface area contributed by atoms with E-state index in [1.165, 1.54) is 4.57 Å². The van der Waals surface area contributed by atoms with Crippen LogP contribution in [0.3, 0.4) is 0 Å². The van der Waals surface area contributed by atoms with Gasteiger partial charge in [-0.15, -0.1) is 0 Å². The topological polar surface area (TPSA) is 107 Å². The number of pyridine rings is 3. The van der Waals surface area contributed by atoms with Crippen LogP contribution in [0.25, 0.3) is 27.5 Å². The van der Waals surface area contributed by atoms with Crippen LogP contribution in [0.4, 0.5) is 0 Å². The number of aromatic nitrogens is 3. The molecule has 1 aliphatic rings. The molecular weight excluding hydrogens is 434 g/mol. The van der Waals surface area contributed by atoms with E-state index in [1.807, 2.05) is 38.1 Å². The molecule has 3 atom stereocenters. The summed E-state index contributed by atoms with van der Waals surface area (Å²) < 4.78 is 8.22. The fraction of sp³-hybridized carbons (Fsp3) is 0.280. The standard InChI is InChI=1S/C25H25N5O4/c1-4-34-25(33)21-15(3)27-28-22(21)30-11-9-20-18(24(30)32)13-17-19(26-20)8-10-29(23(17)31)16-7-5-6-14(2)12-16/h5-13,15,21-22,27-28H,4H2,1-3H3. The minimum absolute atomic E-state index is 0.233. The van der Waals surface area contributed by atoms with E-state index in [-0.39, 0.29) is 29.7 Å². The van der Waals surface area contributed by atoms with Gasteiger partial charge in [-0.25, -0.2) is 10.4 Å². The number of ether oxygens (including phenoxy) is 1. The van der Waals surface area contributed by atoms with Crippen LogP contribution in [0.5, 0.6) is 0 Å². The van der Waals surface area contributed by atoms with Gasteiger partial charge in [-0.1, -0.05) is 12.1 Å². The van der Waals surface area contributed by atoms with E-state index in [0.717, 1.165) is 11.3 Å². The van der Waals surface area contributed by atoms with Crippen molar-refractivity contribution in [2.24, 2.45) is 5.92 Å². The van der Waals surface area contributed by atoms with E-state index < -0.39 is 12.1 Å². The zero-order valence-corrected chi connectivity index (χ0v) is 19.1. The Morgan fingerprint density at radius 1 is 1.03 bits per heavy atom. The first-order chi connectivity index (χ1) is 16.4. The van der Waals surface area contributed by atoms with Gasteiger partial charge in [0.05, 0.1) is 28.4 Å². The number of hydrogen-bond donors (Lipinski definition) is 2. The molecule has 3 aromatic heterocycles. The molecule has 0 saturated carbocycles. The number of esters is 1. The highest BCUT2D eigenvalue weighted by Crippen LogP contribution is 2.25. The molecule has 9 heteroatoms. The number of hydrazine groups is 1. The predicted octanol–water partition coefficient (Wildman–Crippen LogP) is 2.18. The van der Waals surface area contributed by atoms with Crippen LogP contribution in [0.2, 0.25) is 0 Å². The summed E-state index contributed by atoms with van der Waals surface area (Å²) in [6.45, 7) is 5.81. The second-order valence-corrected chi connectivity index (χ2v) is 8.51. The van der Waals surface area contributed by atoms with Crippen LogP contribution in [0.15, 0.2) is 64.4 Å². The SMILES string of the molecule is CCOC(=O)C1C(C)NNC1n1ccc2nc3ccn(-c4cccc(C)c4)c(=O)c3cc2c1=O. The van der Waals surface area contributed by atoms with Gasteiger partial charge in [0.25, 0.3) is 11.1 Å². The van der Waals surface area contributed by atoms with E-state index in [4.69, 9.17) is 4.74 Å². The largest absolute Gasteiger partial charge is 0.466 e. The Hall–Kier alpha value is -3.82. The number of carbonyl (C=O) groups is 1. The summed E-state index contributed by atoms with van der Waals surface area (Å²) in [7, 11) is 0. The summed E-state index contributed by atoms with van der Waals surface area (Å²) in [4.78, 5) is 43.9. The van der Waals surface area contributed by atoms with Crippen LogP contribution < -0.4 is 22.0 Å². The molecule has 2 N–H and O–H groups in total. The number of carbonyl (C=O) groups excluding carboxylic acids is 1. The minimum Gasteiger partial charge on any atom is -0.466 e. The summed E-state index contributed by atoms with van der Waals surface area (Å²) in [6, 6.07) is 12.5. The molecule has 0 radical (unpaired) electrons. The van der Waals surface area contributed by atoms with Gasteiger partial charge in [-0.2, -0.15) is 0 Å². The Labute approximate surface area is 195 Å². The molecular formula is C25H25N5O4. The Morgan fingerprint density at radius 2 is 1.76 bits per heavy atom. The van der Waals surface area contributed by atoms with Gasteiger partial charge in [0.15, 0.2) is 0 Å². The average molecular weight is 460 g/mol. The lowest BCUT2D eigenvalue weighted by atomic mass is 10.00. The molecule has 9 nitrogen and oxygen atoms in total. The molecule has 4 heterocycles. The van der Waals surface area contributed by atoms with Gasteiger partial charge in [-0.3, -0.25) is 28.9 Å². The zero-order valence-electron chi connectivity index (χ0n) is 19.1. The summed E-state index contributed by atoms with van der Waals surface area (Å²) in [5.41, 5.74) is 8.21. The maximum Gasteiger partial charge on any atom is 0.314 e. The van der Waals surface area contributed by atoms with Crippen molar-refractivity contribution in [3.8, 4) is 5.69 Å². The number of nitrogens with zero attached hydrogens (tertiary/aromatic N) is 3. The van der Waals surface area contributed by atoms with Crippen molar-refractivity contribution in [1.82, 2.24) is 25.0 Å². The number of hydrogen-bond acceptors (Lipinski definition) is 7. The van der Waals surface area contributed by atoms with Crippen molar-refractivity contribution in [1.29, 1.82) is 0 Å². The van der Waals surface area contributed by atoms with E-state index >= 15 is 0 Å². The zero-order chi connectivity index (χ0) is 24.0. The van der Waals surface area contributed by atoms with E-state index in [1.54, 1.807) is 42.1 Å². The first-order valence-corrected chi connectivity index (χ1v) is 11.2. The van der Waals surface area contributed by atoms with Crippen molar-refractivity contribution in [2.75, 3.05) is 6.61 Å². The molecule has 0 bridgehead atoms. The lowest BCUT2D eigenvalue weighted by Crippen LogP contribution is -2.38. The monoisotopic (exact) mass is 459 g/mol. The summed E-state index contributed by atoms with van der Waals surface area (Å²) in [5, 5.41) is 0.650. The van der Waals surface area contributed by atoms with Crippen molar-refractivity contribution < 1.29 is 9.53 Å². The first kappa shape index (κ1) is 22.0. The third-order valence-electron chi connectivity index (χ3n) is 6.25. The fourth-order valence-corrected chi connectivity index (χ4v) is 4.52. The number of fused-ring (bicyclic) bond motifs is 2. The maximum atomic E-state index is 13.5. The Kier molecular flexibility index (Phi) is 5.51. The van der Waals surface area contributed by atoms with E-state index in [9.17, 15) is 14.4 Å². The summed E-state index contributed by atoms with van der Waals surface area (Å²) >= 11 is 0. The van der Waals surface area contributed by atoms with Crippen LogP contribution in [-0.2, 0) is 9.53 Å². The van der Waals surface area contributed by atoms with Crippen molar-refractivity contribution >= 4 is 27.8 Å². The number of rotatable bonds is 4. The Morgan fingerprint density at radius 3 is 2.50 bits per heavy atom. The molecule has 1 saturated heterocycles. The fourth-order valence-electron chi connectivity index (χ4n) is 4.52. The lowest BCUT2D eigenvalue weighted by Gasteiger charge is -2.21. The second-order valence-electron chi connectivity index (χ2n) is 8.51. The molecule has 3 unspecified atom stereocenters. The highest BCUT2D eigenvalue weighted by Gasteiger charge is 2.41. The molecule has 34 heavy (non-hydrogen) atoms. The number of aryl methyl sites for hydroxylation is 1. The minimum atomic E-state index is -0.638. The highest BCUT2D eigenvalue weighted by molar-refractivity contribution is 5.91. The molecule has 174 valence electrons. The van der Waals surface area contributed by atoms with Gasteiger partial charge in [0, 0.05) is 24.1 Å².